The van der Waals surface area contributed by atoms with Crippen LogP contribution in [0, 0.1) is 6.92 Å². The van der Waals surface area contributed by atoms with Gasteiger partial charge in [0.05, 0.1) is 22.8 Å². The van der Waals surface area contributed by atoms with Crippen LogP contribution in [0.4, 0.5) is 5.95 Å². The van der Waals surface area contributed by atoms with Crippen LogP contribution in [0.15, 0.2) is 6.20 Å². The molecule has 1 aromatic rings. The molecule has 0 bridgehead atoms. The fourth-order valence-corrected chi connectivity index (χ4v) is 3.17. The van der Waals surface area contributed by atoms with Gasteiger partial charge in [-0.1, -0.05) is 0 Å². The van der Waals surface area contributed by atoms with Gasteiger partial charge < -0.3 is 9.80 Å². The highest BCUT2D eigenvalue weighted by atomic mass is 32.2. The third kappa shape index (κ3) is 3.06. The molecule has 0 aliphatic carbocycles. The Labute approximate surface area is 118 Å². The number of carbonyl (C=O) groups excluding carboxylic acids is 1. The zero-order valence-electron chi connectivity index (χ0n) is 11.8. The Balaban J connectivity index is 2.18. The molecule has 0 spiro atoms. The first-order valence-corrected chi connectivity index (χ1v) is 8.13. The third-order valence-corrected chi connectivity index (χ3v) is 4.84. The zero-order valence-corrected chi connectivity index (χ0v) is 12.6. The Hall–Kier alpha value is -1.70. The summed E-state index contributed by atoms with van der Waals surface area (Å²) in [7, 11) is 0.659. The molecule has 0 unspecified atom stereocenters. The number of sulfone groups is 1. The maximum absolute atomic E-state index is 12.4. The number of nitrogens with zero attached hydrogens (tertiary/aromatic N) is 4. The minimum absolute atomic E-state index is 0.0222. The van der Waals surface area contributed by atoms with E-state index in [1.54, 1.807) is 16.7 Å². The predicted octanol–water partition coefficient (Wildman–Crippen LogP) is -0.278. The molecule has 0 atom stereocenters. The minimum atomic E-state index is -2.99. The van der Waals surface area contributed by atoms with Gasteiger partial charge in [0, 0.05) is 33.4 Å². The monoisotopic (exact) mass is 298 g/mol. The third-order valence-electron chi connectivity index (χ3n) is 3.23. The summed E-state index contributed by atoms with van der Waals surface area (Å²) in [5.74, 6) is 0.381. The Morgan fingerprint density at radius 3 is 2.40 bits per heavy atom. The predicted molar refractivity (Wildman–Crippen MR) is 75.7 cm³/mol. The molecule has 0 aromatic carbocycles. The molecule has 7 nitrogen and oxygen atoms in total. The van der Waals surface area contributed by atoms with Gasteiger partial charge in [-0.15, -0.1) is 0 Å². The lowest BCUT2D eigenvalue weighted by molar-refractivity contribution is 0.0768. The van der Waals surface area contributed by atoms with E-state index >= 15 is 0 Å². The van der Waals surface area contributed by atoms with Gasteiger partial charge in [0.25, 0.3) is 5.91 Å². The number of amides is 1. The maximum Gasteiger partial charge on any atom is 0.257 e. The quantitative estimate of drug-likeness (QED) is 0.747. The van der Waals surface area contributed by atoms with E-state index in [4.69, 9.17) is 0 Å². The van der Waals surface area contributed by atoms with E-state index in [1.807, 2.05) is 14.1 Å². The molecule has 0 radical (unpaired) electrons. The number of carbonyl (C=O) groups is 1. The lowest BCUT2D eigenvalue weighted by atomic mass is 10.2. The van der Waals surface area contributed by atoms with Crippen LogP contribution in [0.1, 0.15) is 16.1 Å². The van der Waals surface area contributed by atoms with Crippen LogP contribution in [0.2, 0.25) is 0 Å². The van der Waals surface area contributed by atoms with Crippen LogP contribution in [0.25, 0.3) is 0 Å². The summed E-state index contributed by atoms with van der Waals surface area (Å²) < 4.78 is 22.7. The highest BCUT2D eigenvalue weighted by molar-refractivity contribution is 7.91. The van der Waals surface area contributed by atoms with Crippen molar-refractivity contribution >= 4 is 21.7 Å². The van der Waals surface area contributed by atoms with E-state index in [-0.39, 0.29) is 30.5 Å². The highest BCUT2D eigenvalue weighted by Gasteiger charge is 2.27. The molecule has 1 aliphatic rings. The van der Waals surface area contributed by atoms with E-state index in [2.05, 4.69) is 9.97 Å². The van der Waals surface area contributed by atoms with Gasteiger partial charge in [-0.3, -0.25) is 4.79 Å². The van der Waals surface area contributed by atoms with Gasteiger partial charge in [0.2, 0.25) is 5.95 Å². The maximum atomic E-state index is 12.4. The fraction of sp³-hybridized carbons (Fsp3) is 0.583. The van der Waals surface area contributed by atoms with Crippen LogP contribution < -0.4 is 4.90 Å². The molecule has 0 saturated carbocycles. The Bertz CT molecular complexity index is 614. The molecule has 1 fully saturated rings. The van der Waals surface area contributed by atoms with Crippen molar-refractivity contribution in [2.75, 3.05) is 43.6 Å². The molecule has 0 N–H and O–H groups in total. The number of aryl methyl sites for hydroxylation is 1. The smallest absolute Gasteiger partial charge is 0.257 e. The van der Waals surface area contributed by atoms with Gasteiger partial charge in [-0.2, -0.15) is 0 Å². The standard InChI is InChI=1S/C12H18N4O3S/c1-9-10(8-13-12(14-9)15(2)3)11(17)16-4-6-20(18,19)7-5-16/h8H,4-7H2,1-3H3. The second-order valence-electron chi connectivity index (χ2n) is 5.01. The molecular weight excluding hydrogens is 280 g/mol. The fourth-order valence-electron chi connectivity index (χ4n) is 1.97. The molecule has 1 amide bonds. The van der Waals surface area contributed by atoms with Crippen molar-refractivity contribution in [3.05, 3.63) is 17.5 Å². The SMILES string of the molecule is Cc1nc(N(C)C)ncc1C(=O)N1CCS(=O)(=O)CC1. The molecule has 1 aliphatic heterocycles. The summed E-state index contributed by atoms with van der Waals surface area (Å²) in [6, 6.07) is 0. The first kappa shape index (κ1) is 14.7. The summed E-state index contributed by atoms with van der Waals surface area (Å²) in [6.07, 6.45) is 1.50. The molecule has 8 heteroatoms. The van der Waals surface area contributed by atoms with Crippen LogP contribution in [-0.4, -0.2) is 67.9 Å². The van der Waals surface area contributed by atoms with Crippen molar-refractivity contribution < 1.29 is 13.2 Å². The van der Waals surface area contributed by atoms with Crippen molar-refractivity contribution in [3.63, 3.8) is 0 Å². The van der Waals surface area contributed by atoms with Gasteiger partial charge in [-0.25, -0.2) is 18.4 Å². The van der Waals surface area contributed by atoms with Crippen LogP contribution in [0.5, 0.6) is 0 Å². The summed E-state index contributed by atoms with van der Waals surface area (Å²) >= 11 is 0. The normalized spacial score (nSPS) is 17.9. The van der Waals surface area contributed by atoms with E-state index < -0.39 is 9.84 Å². The second kappa shape index (κ2) is 5.35. The number of hydrogen-bond acceptors (Lipinski definition) is 6. The lowest BCUT2D eigenvalue weighted by Gasteiger charge is -2.27. The number of aromatic nitrogens is 2. The van der Waals surface area contributed by atoms with E-state index in [9.17, 15) is 13.2 Å². The molecule has 110 valence electrons. The van der Waals surface area contributed by atoms with Crippen molar-refractivity contribution in [3.8, 4) is 0 Å². The molecule has 2 rings (SSSR count). The van der Waals surface area contributed by atoms with Gasteiger partial charge in [0.15, 0.2) is 9.84 Å². The zero-order chi connectivity index (χ0) is 14.9. The minimum Gasteiger partial charge on any atom is -0.347 e. The topological polar surface area (TPSA) is 83.5 Å². The van der Waals surface area contributed by atoms with Crippen LogP contribution in [0.3, 0.4) is 0 Å². The van der Waals surface area contributed by atoms with Crippen LogP contribution in [-0.2, 0) is 9.84 Å². The van der Waals surface area contributed by atoms with Crippen molar-refractivity contribution in [1.82, 2.24) is 14.9 Å². The van der Waals surface area contributed by atoms with Gasteiger partial charge in [0.1, 0.15) is 0 Å². The number of anilines is 1. The second-order valence-corrected chi connectivity index (χ2v) is 7.31. The van der Waals surface area contributed by atoms with E-state index in [0.29, 0.717) is 17.2 Å². The van der Waals surface area contributed by atoms with E-state index in [0.717, 1.165) is 0 Å². The highest BCUT2D eigenvalue weighted by Crippen LogP contribution is 2.14. The summed E-state index contributed by atoms with van der Waals surface area (Å²) in [6.45, 7) is 2.22. The summed E-state index contributed by atoms with van der Waals surface area (Å²) in [5, 5.41) is 0. The summed E-state index contributed by atoms with van der Waals surface area (Å²) in [5.41, 5.74) is 1.03. The molecule has 1 saturated heterocycles. The Kier molecular flexibility index (Phi) is 3.94. The molecular formula is C12H18N4O3S. The van der Waals surface area contributed by atoms with Gasteiger partial charge in [-0.05, 0) is 6.92 Å². The van der Waals surface area contributed by atoms with Crippen LogP contribution >= 0.6 is 0 Å². The lowest BCUT2D eigenvalue weighted by Crippen LogP contribution is -2.44. The first-order valence-electron chi connectivity index (χ1n) is 6.31. The number of hydrogen-bond donors (Lipinski definition) is 0. The van der Waals surface area contributed by atoms with Gasteiger partial charge >= 0.3 is 0 Å². The molecule has 1 aromatic heterocycles. The summed E-state index contributed by atoms with van der Waals surface area (Å²) in [4.78, 5) is 24.1. The molecule has 20 heavy (non-hydrogen) atoms. The largest absolute Gasteiger partial charge is 0.347 e. The molecule has 2 heterocycles. The van der Waals surface area contributed by atoms with Crippen molar-refractivity contribution in [2.24, 2.45) is 0 Å². The number of rotatable bonds is 2. The van der Waals surface area contributed by atoms with Crippen molar-refractivity contribution in [1.29, 1.82) is 0 Å². The van der Waals surface area contributed by atoms with E-state index in [1.165, 1.54) is 6.20 Å². The first-order chi connectivity index (χ1) is 9.30. The average molecular weight is 298 g/mol. The van der Waals surface area contributed by atoms with Crippen molar-refractivity contribution in [2.45, 2.75) is 6.92 Å². The Morgan fingerprint density at radius 2 is 1.90 bits per heavy atom. The Morgan fingerprint density at radius 1 is 1.30 bits per heavy atom. The average Bonchev–Trinajstić information content (AvgIpc) is 2.37.